The standard InChI is InChI=1S/C10H8.2C2H4Cl2/c1-2-6-10-8-4-3-7-9(10)5-1;1-2(3)4;3-1-2-4/h1-8H;2H,1H3;1-2H2. The number of benzene rings is 2. The Hall–Kier alpha value is -0.140. The largest absolute Gasteiger partial charge is 0.125 e. The Labute approximate surface area is 129 Å². The summed E-state index contributed by atoms with van der Waals surface area (Å²) in [6, 6.07) is 16.7. The van der Waals surface area contributed by atoms with Crippen LogP contribution in [0.3, 0.4) is 0 Å². The minimum Gasteiger partial charge on any atom is -0.125 e. The van der Waals surface area contributed by atoms with Gasteiger partial charge in [0, 0.05) is 11.8 Å². The second-order valence-corrected chi connectivity index (χ2v) is 5.53. The molecular weight excluding hydrogens is 310 g/mol. The first-order chi connectivity index (χ1) is 8.61. The van der Waals surface area contributed by atoms with Crippen LogP contribution in [-0.2, 0) is 0 Å². The van der Waals surface area contributed by atoms with E-state index in [0.717, 1.165) is 0 Å². The molecule has 0 aromatic heterocycles. The second kappa shape index (κ2) is 11.9. The van der Waals surface area contributed by atoms with Gasteiger partial charge in [0.2, 0.25) is 0 Å². The molecule has 2 rings (SSSR count). The van der Waals surface area contributed by atoms with Gasteiger partial charge in [0.05, 0.1) is 0 Å². The molecule has 0 amide bonds. The number of rotatable bonds is 1. The van der Waals surface area contributed by atoms with Crippen LogP contribution in [0.1, 0.15) is 6.92 Å². The molecule has 0 unspecified atom stereocenters. The van der Waals surface area contributed by atoms with Gasteiger partial charge in [-0.2, -0.15) is 0 Å². The summed E-state index contributed by atoms with van der Waals surface area (Å²) in [4.78, 5) is -0.222. The van der Waals surface area contributed by atoms with Crippen LogP contribution in [0.4, 0.5) is 0 Å². The molecule has 0 saturated carbocycles. The third-order valence-electron chi connectivity index (χ3n) is 1.73. The van der Waals surface area contributed by atoms with Gasteiger partial charge in [-0.25, -0.2) is 0 Å². The van der Waals surface area contributed by atoms with Gasteiger partial charge < -0.3 is 0 Å². The van der Waals surface area contributed by atoms with Crippen LogP contribution < -0.4 is 0 Å². The lowest BCUT2D eigenvalue weighted by Crippen LogP contribution is -1.67. The van der Waals surface area contributed by atoms with Crippen molar-refractivity contribution in [1.82, 2.24) is 0 Å². The lowest BCUT2D eigenvalue weighted by atomic mass is 10.1. The Morgan fingerprint density at radius 2 is 1.00 bits per heavy atom. The molecule has 100 valence electrons. The van der Waals surface area contributed by atoms with Gasteiger partial charge in [0.25, 0.3) is 0 Å². The average Bonchev–Trinajstić information content (AvgIpc) is 2.38. The summed E-state index contributed by atoms with van der Waals surface area (Å²) in [6.45, 7) is 1.70. The Kier molecular flexibility index (Phi) is 11.8. The van der Waals surface area contributed by atoms with Crippen molar-refractivity contribution < 1.29 is 0 Å². The minimum absolute atomic E-state index is 0.222. The van der Waals surface area contributed by atoms with Crippen molar-refractivity contribution in [3.63, 3.8) is 0 Å². The Bertz CT molecular complexity index is 345. The molecular formula is C14H16Cl4. The normalized spacial score (nSPS) is 9.22. The fourth-order valence-corrected chi connectivity index (χ4v) is 1.13. The van der Waals surface area contributed by atoms with E-state index in [9.17, 15) is 0 Å². The molecule has 0 radical (unpaired) electrons. The smallest absolute Gasteiger partial charge is 0.105 e. The molecule has 0 aliphatic rings. The van der Waals surface area contributed by atoms with Gasteiger partial charge in [-0.1, -0.05) is 48.5 Å². The first kappa shape index (κ1) is 17.9. The number of hydrogen-bond acceptors (Lipinski definition) is 0. The average molecular weight is 326 g/mol. The molecule has 0 atom stereocenters. The summed E-state index contributed by atoms with van der Waals surface area (Å²) in [5, 5.41) is 2.62. The summed E-state index contributed by atoms with van der Waals surface area (Å²) in [6.07, 6.45) is 0. The third-order valence-corrected chi connectivity index (χ3v) is 2.30. The van der Waals surface area contributed by atoms with Gasteiger partial charge in [-0.05, 0) is 17.7 Å². The lowest BCUT2D eigenvalue weighted by molar-refractivity contribution is 1.39. The maximum Gasteiger partial charge on any atom is 0.105 e. The quantitative estimate of drug-likeness (QED) is 0.554. The van der Waals surface area contributed by atoms with Gasteiger partial charge in [-0.15, -0.1) is 46.4 Å². The van der Waals surface area contributed by atoms with Crippen LogP contribution in [0.5, 0.6) is 0 Å². The van der Waals surface area contributed by atoms with Crippen LogP contribution in [0.25, 0.3) is 10.8 Å². The topological polar surface area (TPSA) is 0 Å². The van der Waals surface area contributed by atoms with Gasteiger partial charge in [-0.3, -0.25) is 0 Å². The Balaban J connectivity index is 0.000000307. The van der Waals surface area contributed by atoms with E-state index >= 15 is 0 Å². The summed E-state index contributed by atoms with van der Waals surface area (Å²) in [5.74, 6) is 1.11. The lowest BCUT2D eigenvalue weighted by Gasteiger charge is -1.92. The van der Waals surface area contributed by atoms with E-state index in [4.69, 9.17) is 46.4 Å². The van der Waals surface area contributed by atoms with Crippen molar-refractivity contribution in [2.75, 3.05) is 11.8 Å². The first-order valence-electron chi connectivity index (χ1n) is 5.45. The molecule has 0 N–H and O–H groups in total. The molecule has 0 heterocycles. The number of halogens is 4. The second-order valence-electron chi connectivity index (χ2n) is 3.24. The molecule has 0 saturated heterocycles. The molecule has 0 spiro atoms. The van der Waals surface area contributed by atoms with Crippen LogP contribution in [0, 0.1) is 0 Å². The zero-order valence-corrected chi connectivity index (χ0v) is 13.1. The van der Waals surface area contributed by atoms with Crippen molar-refractivity contribution in [2.45, 2.75) is 11.8 Å². The molecule has 0 fully saturated rings. The zero-order chi connectivity index (χ0) is 13.8. The summed E-state index contributed by atoms with van der Waals surface area (Å²) >= 11 is 20.2. The van der Waals surface area contributed by atoms with E-state index < -0.39 is 0 Å². The molecule has 0 aliphatic heterocycles. The highest BCUT2D eigenvalue weighted by Crippen LogP contribution is 2.11. The highest BCUT2D eigenvalue weighted by atomic mass is 35.5. The van der Waals surface area contributed by atoms with Gasteiger partial charge >= 0.3 is 0 Å². The number of alkyl halides is 4. The van der Waals surface area contributed by atoms with E-state index in [0.29, 0.717) is 11.8 Å². The van der Waals surface area contributed by atoms with E-state index in [1.807, 2.05) is 0 Å². The minimum atomic E-state index is -0.222. The third kappa shape index (κ3) is 9.85. The molecule has 0 nitrogen and oxygen atoms in total. The highest BCUT2D eigenvalue weighted by Gasteiger charge is 1.85. The van der Waals surface area contributed by atoms with Crippen molar-refractivity contribution in [1.29, 1.82) is 0 Å². The summed E-state index contributed by atoms with van der Waals surface area (Å²) in [5.41, 5.74) is 0. The molecule has 4 heteroatoms. The Morgan fingerprint density at radius 3 is 1.17 bits per heavy atom. The van der Waals surface area contributed by atoms with E-state index in [-0.39, 0.29) is 4.84 Å². The van der Waals surface area contributed by atoms with Crippen molar-refractivity contribution in [3.8, 4) is 0 Å². The van der Waals surface area contributed by atoms with Crippen molar-refractivity contribution in [2.24, 2.45) is 0 Å². The zero-order valence-electron chi connectivity index (χ0n) is 10.1. The van der Waals surface area contributed by atoms with Crippen molar-refractivity contribution in [3.05, 3.63) is 48.5 Å². The van der Waals surface area contributed by atoms with Crippen LogP contribution in [0.2, 0.25) is 0 Å². The SMILES string of the molecule is CC(Cl)Cl.ClCCCl.c1ccc2ccccc2c1. The molecule has 18 heavy (non-hydrogen) atoms. The van der Waals surface area contributed by atoms with E-state index in [2.05, 4.69) is 48.5 Å². The van der Waals surface area contributed by atoms with Crippen molar-refractivity contribution >= 4 is 57.2 Å². The van der Waals surface area contributed by atoms with E-state index in [1.165, 1.54) is 10.8 Å². The predicted molar refractivity (Wildman–Crippen MR) is 86.6 cm³/mol. The van der Waals surface area contributed by atoms with Crippen LogP contribution >= 0.6 is 46.4 Å². The molecule has 0 bridgehead atoms. The number of hydrogen-bond donors (Lipinski definition) is 0. The van der Waals surface area contributed by atoms with Gasteiger partial charge in [0.15, 0.2) is 0 Å². The predicted octanol–water partition coefficient (Wildman–Crippen LogP) is 6.11. The molecule has 2 aromatic rings. The maximum absolute atomic E-state index is 5.05. The van der Waals surface area contributed by atoms with Gasteiger partial charge in [0.1, 0.15) is 4.84 Å². The molecule has 0 aliphatic carbocycles. The summed E-state index contributed by atoms with van der Waals surface area (Å²) in [7, 11) is 0. The summed E-state index contributed by atoms with van der Waals surface area (Å²) < 4.78 is 0. The fraction of sp³-hybridized carbons (Fsp3) is 0.286. The first-order valence-corrected chi connectivity index (χ1v) is 7.39. The fourth-order valence-electron chi connectivity index (χ4n) is 1.13. The maximum atomic E-state index is 5.05. The van der Waals surface area contributed by atoms with E-state index in [1.54, 1.807) is 6.92 Å². The highest BCUT2D eigenvalue weighted by molar-refractivity contribution is 6.43. The Morgan fingerprint density at radius 1 is 0.778 bits per heavy atom. The monoisotopic (exact) mass is 324 g/mol. The molecule has 2 aromatic carbocycles. The van der Waals surface area contributed by atoms with Crippen LogP contribution in [0.15, 0.2) is 48.5 Å². The van der Waals surface area contributed by atoms with Crippen LogP contribution in [-0.4, -0.2) is 16.6 Å². The number of fused-ring (bicyclic) bond motifs is 1.